The zero-order chi connectivity index (χ0) is 21.0. The minimum atomic E-state index is -0.160. The van der Waals surface area contributed by atoms with Crippen molar-refractivity contribution in [1.29, 1.82) is 0 Å². The first kappa shape index (κ1) is 19.4. The second-order valence-corrected chi connectivity index (χ2v) is 7.44. The van der Waals surface area contributed by atoms with Crippen LogP contribution in [0.1, 0.15) is 0 Å². The van der Waals surface area contributed by atoms with E-state index in [0.717, 1.165) is 30.0 Å². The van der Waals surface area contributed by atoms with Crippen LogP contribution < -0.4 is 19.7 Å². The first-order valence-corrected chi connectivity index (χ1v) is 10.4. The fourth-order valence-corrected chi connectivity index (χ4v) is 3.79. The normalized spacial score (nSPS) is 15.5. The smallest absolute Gasteiger partial charge is 0.246 e. The van der Waals surface area contributed by atoms with Crippen LogP contribution in [-0.4, -0.2) is 55.2 Å². The van der Waals surface area contributed by atoms with Crippen LogP contribution in [0.15, 0.2) is 54.7 Å². The van der Waals surface area contributed by atoms with Crippen LogP contribution in [0.5, 0.6) is 11.5 Å². The van der Waals surface area contributed by atoms with Gasteiger partial charge in [-0.15, -0.1) is 0 Å². The third kappa shape index (κ3) is 4.34. The first-order valence-electron chi connectivity index (χ1n) is 10.4. The Hall–Kier alpha value is -3.52. The largest absolute Gasteiger partial charge is 0.486 e. The van der Waals surface area contributed by atoms with Crippen LogP contribution >= 0.6 is 0 Å². The first-order chi connectivity index (χ1) is 15.3. The Morgan fingerprint density at radius 2 is 1.74 bits per heavy atom. The number of nitrogens with zero attached hydrogens (tertiary/aromatic N) is 3. The van der Waals surface area contributed by atoms with Crippen LogP contribution in [0.25, 0.3) is 11.1 Å². The number of hydrogen-bond acceptors (Lipinski definition) is 6. The SMILES string of the molecule is O=C(Cn1cc(-c2ccccc2)c(N2CCOCC2)n1)Nc1ccc2c(c1)OCCO2. The highest BCUT2D eigenvalue weighted by Gasteiger charge is 2.21. The molecule has 8 heteroatoms. The molecular formula is C23H24N4O4. The molecule has 8 nitrogen and oxygen atoms in total. The van der Waals surface area contributed by atoms with Gasteiger partial charge in [0.25, 0.3) is 0 Å². The van der Waals surface area contributed by atoms with Gasteiger partial charge in [0.15, 0.2) is 17.3 Å². The van der Waals surface area contributed by atoms with Crippen molar-refractivity contribution >= 4 is 17.4 Å². The molecule has 1 N–H and O–H groups in total. The maximum atomic E-state index is 12.7. The predicted molar refractivity (Wildman–Crippen MR) is 117 cm³/mol. The molecule has 31 heavy (non-hydrogen) atoms. The molecular weight excluding hydrogens is 396 g/mol. The number of morpholine rings is 1. The molecule has 2 aromatic carbocycles. The van der Waals surface area contributed by atoms with E-state index in [1.54, 1.807) is 10.7 Å². The van der Waals surface area contributed by atoms with Crippen LogP contribution in [0.2, 0.25) is 0 Å². The van der Waals surface area contributed by atoms with Gasteiger partial charge in [-0.2, -0.15) is 5.10 Å². The van der Waals surface area contributed by atoms with Gasteiger partial charge in [0, 0.05) is 36.6 Å². The molecule has 160 valence electrons. The summed E-state index contributed by atoms with van der Waals surface area (Å²) < 4.78 is 18.3. The minimum Gasteiger partial charge on any atom is -0.486 e. The molecule has 1 saturated heterocycles. The summed E-state index contributed by atoms with van der Waals surface area (Å²) in [7, 11) is 0. The van der Waals surface area contributed by atoms with Crippen molar-refractivity contribution in [3.63, 3.8) is 0 Å². The summed E-state index contributed by atoms with van der Waals surface area (Å²) in [4.78, 5) is 14.9. The molecule has 3 aromatic rings. The van der Waals surface area contributed by atoms with Crippen molar-refractivity contribution in [3.8, 4) is 22.6 Å². The number of hydrogen-bond donors (Lipinski definition) is 1. The van der Waals surface area contributed by atoms with Gasteiger partial charge in [-0.05, 0) is 17.7 Å². The van der Waals surface area contributed by atoms with E-state index in [1.807, 2.05) is 36.5 Å². The molecule has 1 aromatic heterocycles. The topological polar surface area (TPSA) is 77.9 Å². The lowest BCUT2D eigenvalue weighted by Crippen LogP contribution is -2.36. The van der Waals surface area contributed by atoms with Crippen molar-refractivity contribution in [2.24, 2.45) is 0 Å². The highest BCUT2D eigenvalue weighted by molar-refractivity contribution is 5.91. The average Bonchev–Trinajstić information content (AvgIpc) is 3.24. The summed E-state index contributed by atoms with van der Waals surface area (Å²) in [5, 5.41) is 7.66. The summed E-state index contributed by atoms with van der Waals surface area (Å²) in [6.45, 7) is 4.05. The van der Waals surface area contributed by atoms with Gasteiger partial charge in [0.2, 0.25) is 5.91 Å². The Balaban J connectivity index is 1.35. The van der Waals surface area contributed by atoms with E-state index in [-0.39, 0.29) is 12.5 Å². The molecule has 0 radical (unpaired) electrons. The Morgan fingerprint density at radius 1 is 0.968 bits per heavy atom. The fourth-order valence-electron chi connectivity index (χ4n) is 3.79. The van der Waals surface area contributed by atoms with Crippen molar-refractivity contribution in [1.82, 2.24) is 9.78 Å². The van der Waals surface area contributed by atoms with Gasteiger partial charge in [-0.1, -0.05) is 30.3 Å². The van der Waals surface area contributed by atoms with Crippen LogP contribution in [0, 0.1) is 0 Å². The van der Waals surface area contributed by atoms with Crippen molar-refractivity contribution in [2.45, 2.75) is 6.54 Å². The van der Waals surface area contributed by atoms with E-state index < -0.39 is 0 Å². The molecule has 3 heterocycles. The predicted octanol–water partition coefficient (Wildman–Crippen LogP) is 2.80. The number of rotatable bonds is 5. The lowest BCUT2D eigenvalue weighted by molar-refractivity contribution is -0.116. The number of carbonyl (C=O) groups excluding carboxylic acids is 1. The average molecular weight is 420 g/mol. The van der Waals surface area contributed by atoms with E-state index in [1.165, 1.54) is 0 Å². The molecule has 2 aliphatic rings. The number of benzene rings is 2. The van der Waals surface area contributed by atoms with Crippen molar-refractivity contribution in [3.05, 3.63) is 54.7 Å². The third-order valence-electron chi connectivity index (χ3n) is 5.27. The molecule has 0 bridgehead atoms. The summed E-state index contributed by atoms with van der Waals surface area (Å²) in [6.07, 6.45) is 1.93. The lowest BCUT2D eigenvalue weighted by atomic mass is 10.1. The number of aromatic nitrogens is 2. The highest BCUT2D eigenvalue weighted by Crippen LogP contribution is 2.33. The number of carbonyl (C=O) groups is 1. The molecule has 0 unspecified atom stereocenters. The number of anilines is 2. The summed E-state index contributed by atoms with van der Waals surface area (Å²) in [5.41, 5.74) is 2.75. The summed E-state index contributed by atoms with van der Waals surface area (Å²) in [6, 6.07) is 15.5. The summed E-state index contributed by atoms with van der Waals surface area (Å²) in [5.74, 6) is 2.05. The molecule has 0 aliphatic carbocycles. The number of nitrogens with one attached hydrogen (secondary N) is 1. The molecule has 0 atom stereocenters. The number of amides is 1. The van der Waals surface area contributed by atoms with E-state index >= 15 is 0 Å². The number of fused-ring (bicyclic) bond motifs is 1. The van der Waals surface area contributed by atoms with Gasteiger partial charge >= 0.3 is 0 Å². The molecule has 0 saturated carbocycles. The highest BCUT2D eigenvalue weighted by atomic mass is 16.6. The third-order valence-corrected chi connectivity index (χ3v) is 5.27. The van der Waals surface area contributed by atoms with Crippen LogP contribution in [-0.2, 0) is 16.1 Å². The molecule has 1 fully saturated rings. The monoisotopic (exact) mass is 420 g/mol. The van der Waals surface area contributed by atoms with Gasteiger partial charge < -0.3 is 24.4 Å². The van der Waals surface area contributed by atoms with Gasteiger partial charge in [-0.3, -0.25) is 9.48 Å². The number of ether oxygens (including phenoxy) is 3. The van der Waals surface area contributed by atoms with Crippen LogP contribution in [0.3, 0.4) is 0 Å². The van der Waals surface area contributed by atoms with Crippen molar-refractivity contribution in [2.75, 3.05) is 49.7 Å². The van der Waals surface area contributed by atoms with E-state index in [0.29, 0.717) is 43.6 Å². The zero-order valence-corrected chi connectivity index (χ0v) is 17.1. The van der Waals surface area contributed by atoms with Gasteiger partial charge in [0.1, 0.15) is 19.8 Å². The molecule has 0 spiro atoms. The lowest BCUT2D eigenvalue weighted by Gasteiger charge is -2.27. The second-order valence-electron chi connectivity index (χ2n) is 7.44. The van der Waals surface area contributed by atoms with E-state index in [4.69, 9.17) is 19.3 Å². The Morgan fingerprint density at radius 3 is 2.55 bits per heavy atom. The standard InChI is InChI=1S/C23H24N4O4/c28-22(24-18-6-7-20-21(14-18)31-13-12-30-20)16-27-15-19(17-4-2-1-3-5-17)23(25-27)26-8-10-29-11-9-26/h1-7,14-15H,8-13,16H2,(H,24,28). The minimum absolute atomic E-state index is 0.110. The van der Waals surface area contributed by atoms with Crippen LogP contribution in [0.4, 0.5) is 11.5 Å². The Bertz CT molecular complexity index is 1060. The fraction of sp³-hybridized carbons (Fsp3) is 0.304. The van der Waals surface area contributed by atoms with E-state index in [2.05, 4.69) is 22.3 Å². The molecule has 5 rings (SSSR count). The zero-order valence-electron chi connectivity index (χ0n) is 17.1. The van der Waals surface area contributed by atoms with Gasteiger partial charge in [0.05, 0.1) is 13.2 Å². The van der Waals surface area contributed by atoms with E-state index in [9.17, 15) is 4.79 Å². The Labute approximate surface area is 180 Å². The molecule has 1 amide bonds. The maximum absolute atomic E-state index is 12.7. The molecule has 2 aliphatic heterocycles. The summed E-state index contributed by atoms with van der Waals surface area (Å²) >= 11 is 0. The Kier molecular flexibility index (Phi) is 5.45. The van der Waals surface area contributed by atoms with Crippen molar-refractivity contribution < 1.29 is 19.0 Å². The van der Waals surface area contributed by atoms with Gasteiger partial charge in [-0.25, -0.2) is 0 Å². The quantitative estimate of drug-likeness (QED) is 0.684. The second kappa shape index (κ2) is 8.69. The maximum Gasteiger partial charge on any atom is 0.246 e.